The summed E-state index contributed by atoms with van der Waals surface area (Å²) in [6, 6.07) is 15.1. The minimum atomic E-state index is -0.178. The number of ether oxygens (including phenoxy) is 2. The van der Waals surface area contributed by atoms with Crippen LogP contribution in [0.5, 0.6) is 11.5 Å². The Labute approximate surface area is 223 Å². The van der Waals surface area contributed by atoms with Crippen molar-refractivity contribution in [2.45, 2.75) is 33.8 Å². The first-order chi connectivity index (χ1) is 16.3. The molecule has 0 heterocycles. The number of hydrazone groups is 1. The van der Waals surface area contributed by atoms with Crippen LogP contribution in [0.4, 0.5) is 0 Å². The zero-order valence-electron chi connectivity index (χ0n) is 19.1. The Balaban J connectivity index is 1.68. The number of amides is 1. The van der Waals surface area contributed by atoms with Gasteiger partial charge < -0.3 is 9.47 Å². The van der Waals surface area contributed by atoms with Crippen LogP contribution in [0.2, 0.25) is 10.0 Å². The third-order valence-corrected chi connectivity index (χ3v) is 6.36. The second-order valence-electron chi connectivity index (χ2n) is 7.69. The molecular weight excluding hydrogens is 586 g/mol. The number of hydrogen-bond donors (Lipinski definition) is 1. The molecule has 0 saturated carbocycles. The maximum atomic E-state index is 12.3. The lowest BCUT2D eigenvalue weighted by molar-refractivity contribution is -0.120. The van der Waals surface area contributed by atoms with Gasteiger partial charge in [0.1, 0.15) is 6.61 Å². The van der Waals surface area contributed by atoms with Crippen molar-refractivity contribution in [2.75, 3.05) is 6.61 Å². The minimum absolute atomic E-state index is 0.178. The van der Waals surface area contributed by atoms with Crippen LogP contribution in [0, 0.1) is 17.4 Å². The molecule has 0 aliphatic carbocycles. The van der Waals surface area contributed by atoms with Crippen molar-refractivity contribution in [1.82, 2.24) is 5.43 Å². The van der Waals surface area contributed by atoms with E-state index in [-0.39, 0.29) is 18.9 Å². The van der Waals surface area contributed by atoms with Gasteiger partial charge in [-0.15, -0.1) is 0 Å². The van der Waals surface area contributed by atoms with Gasteiger partial charge in [-0.1, -0.05) is 53.0 Å². The molecule has 0 bridgehead atoms. The molecule has 34 heavy (non-hydrogen) atoms. The number of hydrogen-bond acceptors (Lipinski definition) is 4. The van der Waals surface area contributed by atoms with E-state index in [0.29, 0.717) is 28.2 Å². The molecule has 178 valence electrons. The minimum Gasteiger partial charge on any atom is -0.490 e. The third-order valence-electron chi connectivity index (χ3n) is 4.97. The molecule has 0 aliphatic heterocycles. The van der Waals surface area contributed by atoms with E-state index in [9.17, 15) is 4.79 Å². The largest absolute Gasteiger partial charge is 0.490 e. The molecule has 3 rings (SSSR count). The van der Waals surface area contributed by atoms with Gasteiger partial charge in [0.25, 0.3) is 0 Å². The number of carbonyl (C=O) groups excluding carboxylic acids is 1. The molecule has 1 N–H and O–H groups in total. The number of nitrogens with one attached hydrogen (secondary N) is 1. The van der Waals surface area contributed by atoms with Crippen molar-refractivity contribution in [1.29, 1.82) is 0 Å². The van der Waals surface area contributed by atoms with Gasteiger partial charge in [0.2, 0.25) is 5.91 Å². The summed E-state index contributed by atoms with van der Waals surface area (Å²) in [4.78, 5) is 12.3. The highest BCUT2D eigenvalue weighted by Gasteiger charge is 2.13. The van der Waals surface area contributed by atoms with Crippen molar-refractivity contribution in [3.05, 3.63) is 90.0 Å². The van der Waals surface area contributed by atoms with Crippen molar-refractivity contribution >= 4 is 57.9 Å². The predicted molar refractivity (Wildman–Crippen MR) is 146 cm³/mol. The predicted octanol–water partition coefficient (Wildman–Crippen LogP) is 6.89. The van der Waals surface area contributed by atoms with E-state index in [0.717, 1.165) is 25.8 Å². The summed E-state index contributed by atoms with van der Waals surface area (Å²) in [5, 5.41) is 5.23. The fourth-order valence-corrected chi connectivity index (χ4v) is 4.53. The Bertz CT molecular complexity index is 1210. The average molecular weight is 611 g/mol. The van der Waals surface area contributed by atoms with Crippen LogP contribution < -0.4 is 14.9 Å². The fourth-order valence-electron chi connectivity index (χ4n) is 3.29. The van der Waals surface area contributed by atoms with Gasteiger partial charge in [0, 0.05) is 15.6 Å². The van der Waals surface area contributed by atoms with E-state index in [2.05, 4.69) is 39.2 Å². The molecule has 0 spiro atoms. The molecular formula is C26H25Cl2IN2O3. The first-order valence-electron chi connectivity index (χ1n) is 10.7. The Morgan fingerprint density at radius 2 is 1.82 bits per heavy atom. The van der Waals surface area contributed by atoms with Crippen LogP contribution in [0.25, 0.3) is 0 Å². The summed E-state index contributed by atoms with van der Waals surface area (Å²) in [6.45, 7) is 6.68. The number of nitrogens with zero attached hydrogens (tertiary/aromatic N) is 1. The summed E-state index contributed by atoms with van der Waals surface area (Å²) in [7, 11) is 0. The molecule has 0 saturated heterocycles. The highest BCUT2D eigenvalue weighted by molar-refractivity contribution is 14.1. The molecule has 1 amide bonds. The van der Waals surface area contributed by atoms with E-state index in [4.69, 9.17) is 32.7 Å². The summed E-state index contributed by atoms with van der Waals surface area (Å²) >= 11 is 14.4. The SMILES string of the molecule is CCOc1cc(/C=N/NC(=O)Cc2ccc(C)cc2C)cc(I)c1OCc1ccc(Cl)cc1Cl. The molecule has 3 aromatic carbocycles. The summed E-state index contributed by atoms with van der Waals surface area (Å²) in [6.07, 6.45) is 1.86. The smallest absolute Gasteiger partial charge is 0.244 e. The highest BCUT2D eigenvalue weighted by atomic mass is 127. The van der Waals surface area contributed by atoms with E-state index < -0.39 is 0 Å². The lowest BCUT2D eigenvalue weighted by atomic mass is 10.0. The van der Waals surface area contributed by atoms with Crippen LogP contribution in [-0.2, 0) is 17.8 Å². The van der Waals surface area contributed by atoms with Crippen molar-refractivity contribution in [2.24, 2.45) is 5.10 Å². The van der Waals surface area contributed by atoms with Crippen LogP contribution in [0.1, 0.15) is 34.7 Å². The molecule has 0 aliphatic rings. The summed E-state index contributed by atoms with van der Waals surface area (Å²) in [5.74, 6) is 1.02. The zero-order chi connectivity index (χ0) is 24.7. The van der Waals surface area contributed by atoms with E-state index in [1.165, 1.54) is 5.56 Å². The summed E-state index contributed by atoms with van der Waals surface area (Å²) < 4.78 is 12.7. The second-order valence-corrected chi connectivity index (χ2v) is 9.69. The van der Waals surface area contributed by atoms with Gasteiger partial charge in [-0.25, -0.2) is 5.43 Å². The van der Waals surface area contributed by atoms with Gasteiger partial charge in [-0.05, 0) is 84.3 Å². The first-order valence-corrected chi connectivity index (χ1v) is 12.5. The number of halogens is 3. The maximum absolute atomic E-state index is 12.3. The fraction of sp³-hybridized carbons (Fsp3) is 0.231. The van der Waals surface area contributed by atoms with Gasteiger partial charge in [0.15, 0.2) is 11.5 Å². The van der Waals surface area contributed by atoms with E-state index in [1.807, 2.05) is 51.1 Å². The Kier molecular flexibility index (Phi) is 9.62. The van der Waals surface area contributed by atoms with Gasteiger partial charge in [-0.2, -0.15) is 5.10 Å². The number of rotatable bonds is 9. The topological polar surface area (TPSA) is 59.9 Å². The van der Waals surface area contributed by atoms with E-state index in [1.54, 1.807) is 18.3 Å². The first kappa shape index (κ1) is 26.3. The molecule has 0 aromatic heterocycles. The molecule has 0 atom stereocenters. The quantitative estimate of drug-likeness (QED) is 0.163. The average Bonchev–Trinajstić information content (AvgIpc) is 2.76. The number of aryl methyl sites for hydroxylation is 2. The van der Waals surface area contributed by atoms with E-state index >= 15 is 0 Å². The van der Waals surface area contributed by atoms with Crippen LogP contribution in [0.15, 0.2) is 53.6 Å². The van der Waals surface area contributed by atoms with Gasteiger partial charge in [0.05, 0.1) is 22.8 Å². The second kappa shape index (κ2) is 12.4. The normalized spacial score (nSPS) is 11.0. The Morgan fingerprint density at radius 1 is 1.06 bits per heavy atom. The molecule has 8 heteroatoms. The lowest BCUT2D eigenvalue weighted by Crippen LogP contribution is -2.20. The molecule has 5 nitrogen and oxygen atoms in total. The van der Waals surface area contributed by atoms with Crippen LogP contribution in [-0.4, -0.2) is 18.7 Å². The van der Waals surface area contributed by atoms with Crippen LogP contribution in [0.3, 0.4) is 0 Å². The number of carbonyl (C=O) groups is 1. The molecule has 3 aromatic rings. The standard InChI is InChI=1S/C26H25Cl2IN2O3/c1-4-33-24-11-18(14-30-31-25(32)12-19-6-5-16(2)9-17(19)3)10-23(29)26(24)34-15-20-7-8-21(27)13-22(20)28/h5-11,13-14H,4,12,15H2,1-3H3,(H,31,32)/b30-14+. The molecule has 0 fully saturated rings. The monoisotopic (exact) mass is 610 g/mol. The lowest BCUT2D eigenvalue weighted by Gasteiger charge is -2.15. The molecule has 0 unspecified atom stereocenters. The van der Waals surface area contributed by atoms with Crippen molar-refractivity contribution in [3.63, 3.8) is 0 Å². The van der Waals surface area contributed by atoms with Crippen molar-refractivity contribution in [3.8, 4) is 11.5 Å². The highest BCUT2D eigenvalue weighted by Crippen LogP contribution is 2.35. The Hall–Kier alpha value is -2.29. The third kappa shape index (κ3) is 7.35. The number of benzene rings is 3. The zero-order valence-corrected chi connectivity index (χ0v) is 22.8. The van der Waals surface area contributed by atoms with Crippen LogP contribution >= 0.6 is 45.8 Å². The van der Waals surface area contributed by atoms with Crippen molar-refractivity contribution < 1.29 is 14.3 Å². The van der Waals surface area contributed by atoms with Gasteiger partial charge >= 0.3 is 0 Å². The summed E-state index contributed by atoms with van der Waals surface area (Å²) in [5.41, 5.74) is 7.43. The Morgan fingerprint density at radius 3 is 2.53 bits per heavy atom. The maximum Gasteiger partial charge on any atom is 0.244 e. The van der Waals surface area contributed by atoms with Gasteiger partial charge in [-0.3, -0.25) is 4.79 Å². The molecule has 0 radical (unpaired) electrons.